The number of hydrogen-bond donors (Lipinski definition) is 0. The molecule has 0 N–H and O–H groups in total. The number of likely N-dealkylation sites (tertiary alicyclic amines) is 3. The van der Waals surface area contributed by atoms with Crippen LogP contribution in [-0.4, -0.2) is 78.6 Å². The lowest BCUT2D eigenvalue weighted by atomic mass is 10.1. The SMILES string of the molecule is O=C(COCc1ccccc1)N1CC2CC1CN2CCCN1CCCCC1. The lowest BCUT2D eigenvalue weighted by Crippen LogP contribution is -2.50. The van der Waals surface area contributed by atoms with Crippen molar-refractivity contribution in [2.24, 2.45) is 0 Å². The highest BCUT2D eigenvalue weighted by atomic mass is 16.5. The first-order valence-corrected chi connectivity index (χ1v) is 10.7. The van der Waals surface area contributed by atoms with Gasteiger partial charge in [-0.2, -0.15) is 0 Å². The monoisotopic (exact) mass is 371 g/mol. The summed E-state index contributed by atoms with van der Waals surface area (Å²) in [7, 11) is 0. The van der Waals surface area contributed by atoms with Crippen molar-refractivity contribution in [3.63, 3.8) is 0 Å². The van der Waals surface area contributed by atoms with E-state index in [4.69, 9.17) is 4.74 Å². The van der Waals surface area contributed by atoms with Gasteiger partial charge in [-0.3, -0.25) is 9.69 Å². The number of hydrogen-bond acceptors (Lipinski definition) is 4. The van der Waals surface area contributed by atoms with Crippen molar-refractivity contribution in [1.29, 1.82) is 0 Å². The molecule has 2 atom stereocenters. The largest absolute Gasteiger partial charge is 0.367 e. The lowest BCUT2D eigenvalue weighted by molar-refractivity contribution is -0.138. The second kappa shape index (κ2) is 9.18. The molecule has 3 saturated heterocycles. The Balaban J connectivity index is 1.14. The van der Waals surface area contributed by atoms with Crippen LogP contribution in [-0.2, 0) is 16.1 Å². The van der Waals surface area contributed by atoms with Crippen molar-refractivity contribution in [2.45, 2.75) is 50.8 Å². The Hall–Kier alpha value is -1.43. The number of benzene rings is 1. The van der Waals surface area contributed by atoms with Crippen LogP contribution in [0.4, 0.5) is 0 Å². The van der Waals surface area contributed by atoms with Gasteiger partial charge in [0.15, 0.2) is 0 Å². The summed E-state index contributed by atoms with van der Waals surface area (Å²) < 4.78 is 5.65. The normalized spacial score (nSPS) is 26.0. The van der Waals surface area contributed by atoms with Crippen molar-refractivity contribution in [3.8, 4) is 0 Å². The van der Waals surface area contributed by atoms with Gasteiger partial charge in [0.1, 0.15) is 6.61 Å². The summed E-state index contributed by atoms with van der Waals surface area (Å²) in [5.41, 5.74) is 1.12. The van der Waals surface area contributed by atoms with Gasteiger partial charge >= 0.3 is 0 Å². The topological polar surface area (TPSA) is 36.0 Å². The maximum atomic E-state index is 12.5. The fraction of sp³-hybridized carbons (Fsp3) is 0.682. The highest BCUT2D eigenvalue weighted by molar-refractivity contribution is 5.78. The number of piperazine rings is 1. The number of nitrogens with zero attached hydrogens (tertiary/aromatic N) is 3. The molecule has 1 aromatic carbocycles. The molecule has 148 valence electrons. The van der Waals surface area contributed by atoms with E-state index in [1.165, 1.54) is 51.9 Å². The molecule has 2 unspecified atom stereocenters. The molecule has 0 saturated carbocycles. The van der Waals surface area contributed by atoms with Gasteiger partial charge in [0.2, 0.25) is 5.91 Å². The van der Waals surface area contributed by atoms with Crippen molar-refractivity contribution in [3.05, 3.63) is 35.9 Å². The standard InChI is InChI=1S/C22H33N3O2/c26-22(18-27-17-19-8-3-1-4-9-19)25-16-20-14-21(25)15-24(20)13-7-12-23-10-5-2-6-11-23/h1,3-4,8-9,20-21H,2,5-7,10-18H2. The summed E-state index contributed by atoms with van der Waals surface area (Å²) in [6.45, 7) is 7.66. The highest BCUT2D eigenvalue weighted by Gasteiger charge is 2.44. The minimum Gasteiger partial charge on any atom is -0.367 e. The Morgan fingerprint density at radius 2 is 1.81 bits per heavy atom. The molecule has 3 aliphatic rings. The lowest BCUT2D eigenvalue weighted by Gasteiger charge is -2.35. The van der Waals surface area contributed by atoms with Gasteiger partial charge < -0.3 is 14.5 Å². The van der Waals surface area contributed by atoms with E-state index in [1.807, 2.05) is 30.3 Å². The zero-order valence-corrected chi connectivity index (χ0v) is 16.4. The average Bonchev–Trinajstić information content (AvgIpc) is 3.30. The fourth-order valence-corrected chi connectivity index (χ4v) is 4.92. The molecule has 1 amide bonds. The number of amides is 1. The highest BCUT2D eigenvalue weighted by Crippen LogP contribution is 2.30. The van der Waals surface area contributed by atoms with Crippen LogP contribution >= 0.6 is 0 Å². The molecule has 0 radical (unpaired) electrons. The minimum absolute atomic E-state index is 0.159. The molecule has 27 heavy (non-hydrogen) atoms. The first-order valence-electron chi connectivity index (χ1n) is 10.7. The second-order valence-corrected chi connectivity index (χ2v) is 8.32. The maximum Gasteiger partial charge on any atom is 0.248 e. The average molecular weight is 372 g/mol. The summed E-state index contributed by atoms with van der Waals surface area (Å²) in [4.78, 5) is 19.8. The Bertz CT molecular complexity index is 603. The predicted octanol–water partition coefficient (Wildman–Crippen LogP) is 2.36. The summed E-state index contributed by atoms with van der Waals surface area (Å²) in [5.74, 6) is 0.159. The van der Waals surface area contributed by atoms with E-state index in [1.54, 1.807) is 0 Å². The minimum atomic E-state index is 0.159. The summed E-state index contributed by atoms with van der Waals surface area (Å²) in [5, 5.41) is 0. The molecule has 3 aliphatic heterocycles. The quantitative estimate of drug-likeness (QED) is 0.703. The van der Waals surface area contributed by atoms with Gasteiger partial charge in [-0.25, -0.2) is 0 Å². The number of fused-ring (bicyclic) bond motifs is 2. The van der Waals surface area contributed by atoms with Crippen LogP contribution in [0.1, 0.15) is 37.7 Å². The Kier molecular flexibility index (Phi) is 6.43. The van der Waals surface area contributed by atoms with Crippen LogP contribution in [0.3, 0.4) is 0 Å². The van der Waals surface area contributed by atoms with E-state index in [0.717, 1.165) is 25.1 Å². The van der Waals surface area contributed by atoms with Crippen LogP contribution in [0.25, 0.3) is 0 Å². The molecular weight excluding hydrogens is 338 g/mol. The summed E-state index contributed by atoms with van der Waals surface area (Å²) in [6.07, 6.45) is 6.56. The Labute approximate surface area is 163 Å². The van der Waals surface area contributed by atoms with Gasteiger partial charge in [-0.05, 0) is 57.4 Å². The number of carbonyl (C=O) groups excluding carboxylic acids is 1. The van der Waals surface area contributed by atoms with E-state index in [0.29, 0.717) is 18.7 Å². The zero-order valence-electron chi connectivity index (χ0n) is 16.4. The molecule has 3 fully saturated rings. The molecule has 2 bridgehead atoms. The van der Waals surface area contributed by atoms with E-state index in [2.05, 4.69) is 14.7 Å². The molecule has 0 aromatic heterocycles. The van der Waals surface area contributed by atoms with E-state index < -0.39 is 0 Å². The number of carbonyl (C=O) groups is 1. The van der Waals surface area contributed by atoms with Crippen molar-refractivity contribution in [2.75, 3.05) is 45.9 Å². The van der Waals surface area contributed by atoms with Crippen LogP contribution in [0.5, 0.6) is 0 Å². The van der Waals surface area contributed by atoms with E-state index in [-0.39, 0.29) is 12.5 Å². The van der Waals surface area contributed by atoms with Crippen LogP contribution in [0.2, 0.25) is 0 Å². The third-order valence-corrected chi connectivity index (χ3v) is 6.38. The van der Waals surface area contributed by atoms with Gasteiger partial charge in [0, 0.05) is 25.2 Å². The number of rotatable bonds is 8. The van der Waals surface area contributed by atoms with Crippen LogP contribution < -0.4 is 0 Å². The molecular formula is C22H33N3O2. The van der Waals surface area contributed by atoms with E-state index >= 15 is 0 Å². The molecule has 3 heterocycles. The zero-order chi connectivity index (χ0) is 18.5. The van der Waals surface area contributed by atoms with Gasteiger partial charge in [-0.1, -0.05) is 36.8 Å². The van der Waals surface area contributed by atoms with Gasteiger partial charge in [0.25, 0.3) is 0 Å². The van der Waals surface area contributed by atoms with E-state index in [9.17, 15) is 4.79 Å². The molecule has 5 nitrogen and oxygen atoms in total. The van der Waals surface area contributed by atoms with Crippen molar-refractivity contribution in [1.82, 2.24) is 14.7 Å². The van der Waals surface area contributed by atoms with Crippen LogP contribution in [0.15, 0.2) is 30.3 Å². The first-order chi connectivity index (χ1) is 13.3. The van der Waals surface area contributed by atoms with Gasteiger partial charge in [0.05, 0.1) is 6.61 Å². The summed E-state index contributed by atoms with van der Waals surface area (Å²) in [6, 6.07) is 11.0. The first kappa shape index (κ1) is 18.9. The fourth-order valence-electron chi connectivity index (χ4n) is 4.92. The number of ether oxygens (including phenoxy) is 1. The third kappa shape index (κ3) is 4.89. The molecule has 5 heteroatoms. The predicted molar refractivity (Wildman–Crippen MR) is 106 cm³/mol. The molecule has 0 aliphatic carbocycles. The maximum absolute atomic E-state index is 12.5. The Morgan fingerprint density at radius 3 is 2.56 bits per heavy atom. The van der Waals surface area contributed by atoms with Gasteiger partial charge in [-0.15, -0.1) is 0 Å². The smallest absolute Gasteiger partial charge is 0.248 e. The Morgan fingerprint density at radius 1 is 1.00 bits per heavy atom. The molecule has 4 rings (SSSR count). The second-order valence-electron chi connectivity index (χ2n) is 8.32. The third-order valence-electron chi connectivity index (χ3n) is 6.38. The van der Waals surface area contributed by atoms with Crippen molar-refractivity contribution < 1.29 is 9.53 Å². The molecule has 0 spiro atoms. The summed E-state index contributed by atoms with van der Waals surface area (Å²) >= 11 is 0. The van der Waals surface area contributed by atoms with Crippen molar-refractivity contribution >= 4 is 5.91 Å². The van der Waals surface area contributed by atoms with Crippen LogP contribution in [0, 0.1) is 0 Å². The number of piperidine rings is 1. The molecule has 1 aromatic rings.